The average molecular weight is 336 g/mol. The SMILES string of the molecule is CC(C)C[C@H](NC(=O)c1ccc(F)cc1)C1CCN(C(=O)O)CC1. The minimum Gasteiger partial charge on any atom is -0.465 e. The molecule has 0 unspecified atom stereocenters. The van der Waals surface area contributed by atoms with Gasteiger partial charge in [-0.3, -0.25) is 4.79 Å². The molecule has 0 saturated carbocycles. The van der Waals surface area contributed by atoms with Crippen molar-refractivity contribution in [3.8, 4) is 0 Å². The Balaban J connectivity index is 2.01. The molecule has 132 valence electrons. The molecule has 2 rings (SSSR count). The Bertz CT molecular complexity index is 566. The molecule has 2 N–H and O–H groups in total. The molecule has 1 fully saturated rings. The molecule has 1 aromatic carbocycles. The van der Waals surface area contributed by atoms with E-state index in [1.165, 1.54) is 29.2 Å². The molecule has 0 bridgehead atoms. The number of carbonyl (C=O) groups is 2. The highest BCUT2D eigenvalue weighted by Gasteiger charge is 2.29. The summed E-state index contributed by atoms with van der Waals surface area (Å²) in [5.41, 5.74) is 0.438. The van der Waals surface area contributed by atoms with Crippen molar-refractivity contribution < 1.29 is 19.1 Å². The van der Waals surface area contributed by atoms with Gasteiger partial charge in [0, 0.05) is 24.7 Å². The first-order chi connectivity index (χ1) is 11.4. The molecule has 1 atom stereocenters. The molecule has 1 aliphatic rings. The van der Waals surface area contributed by atoms with Crippen molar-refractivity contribution in [1.82, 2.24) is 10.2 Å². The van der Waals surface area contributed by atoms with Crippen LogP contribution in [0.15, 0.2) is 24.3 Å². The van der Waals surface area contributed by atoms with Crippen molar-refractivity contribution >= 4 is 12.0 Å². The molecule has 0 aromatic heterocycles. The summed E-state index contributed by atoms with van der Waals surface area (Å²) in [5.74, 6) is 0.0982. The van der Waals surface area contributed by atoms with Gasteiger partial charge in [-0.15, -0.1) is 0 Å². The number of halogens is 1. The molecular formula is C18H25FN2O3. The molecule has 24 heavy (non-hydrogen) atoms. The molecule has 1 saturated heterocycles. The van der Waals surface area contributed by atoms with Crippen LogP contribution in [0, 0.1) is 17.7 Å². The van der Waals surface area contributed by atoms with E-state index in [9.17, 15) is 14.0 Å². The Morgan fingerprint density at radius 3 is 2.33 bits per heavy atom. The number of hydrogen-bond donors (Lipinski definition) is 2. The van der Waals surface area contributed by atoms with Gasteiger partial charge in [-0.1, -0.05) is 13.8 Å². The number of rotatable bonds is 5. The van der Waals surface area contributed by atoms with E-state index in [0.29, 0.717) is 24.6 Å². The number of likely N-dealkylation sites (tertiary alicyclic amines) is 1. The Hall–Kier alpha value is -2.11. The topological polar surface area (TPSA) is 69.6 Å². The number of carbonyl (C=O) groups excluding carboxylic acids is 1. The van der Waals surface area contributed by atoms with Crippen LogP contribution in [-0.4, -0.2) is 41.1 Å². The van der Waals surface area contributed by atoms with E-state index < -0.39 is 6.09 Å². The zero-order valence-electron chi connectivity index (χ0n) is 14.2. The Kier molecular flexibility index (Phi) is 6.17. The summed E-state index contributed by atoms with van der Waals surface area (Å²) in [5, 5.41) is 12.1. The van der Waals surface area contributed by atoms with Crippen LogP contribution in [0.5, 0.6) is 0 Å². The van der Waals surface area contributed by atoms with Gasteiger partial charge in [-0.25, -0.2) is 9.18 Å². The number of benzene rings is 1. The number of nitrogens with one attached hydrogen (secondary N) is 1. The maximum absolute atomic E-state index is 13.0. The Labute approximate surface area is 141 Å². The van der Waals surface area contributed by atoms with Crippen LogP contribution >= 0.6 is 0 Å². The van der Waals surface area contributed by atoms with Gasteiger partial charge in [0.2, 0.25) is 0 Å². The minimum atomic E-state index is -0.885. The van der Waals surface area contributed by atoms with Crippen molar-refractivity contribution in [2.45, 2.75) is 39.2 Å². The van der Waals surface area contributed by atoms with Gasteiger partial charge < -0.3 is 15.3 Å². The van der Waals surface area contributed by atoms with Crippen molar-refractivity contribution in [3.63, 3.8) is 0 Å². The largest absolute Gasteiger partial charge is 0.465 e. The highest BCUT2D eigenvalue weighted by Crippen LogP contribution is 2.25. The fourth-order valence-corrected chi connectivity index (χ4v) is 3.22. The standard InChI is InChI=1S/C18H25FN2O3/c1-12(2)11-16(13-7-9-21(10-8-13)18(23)24)20-17(22)14-3-5-15(19)6-4-14/h3-6,12-13,16H,7-11H2,1-2H3,(H,20,22)(H,23,24)/t16-/m0/s1. The lowest BCUT2D eigenvalue weighted by Crippen LogP contribution is -2.47. The van der Waals surface area contributed by atoms with Gasteiger partial charge >= 0.3 is 6.09 Å². The number of nitrogens with zero attached hydrogens (tertiary/aromatic N) is 1. The second-order valence-corrected chi connectivity index (χ2v) is 6.82. The van der Waals surface area contributed by atoms with E-state index >= 15 is 0 Å². The van der Waals surface area contributed by atoms with Crippen LogP contribution in [0.25, 0.3) is 0 Å². The summed E-state index contributed by atoms with van der Waals surface area (Å²) in [7, 11) is 0. The summed E-state index contributed by atoms with van der Waals surface area (Å²) in [6, 6.07) is 5.50. The predicted octanol–water partition coefficient (Wildman–Crippen LogP) is 3.36. The van der Waals surface area contributed by atoms with Crippen LogP contribution in [0.3, 0.4) is 0 Å². The van der Waals surface area contributed by atoms with Crippen LogP contribution in [0.4, 0.5) is 9.18 Å². The maximum atomic E-state index is 13.0. The minimum absolute atomic E-state index is 0.00139. The zero-order valence-corrected chi connectivity index (χ0v) is 14.2. The van der Waals surface area contributed by atoms with Gasteiger partial charge in [-0.2, -0.15) is 0 Å². The van der Waals surface area contributed by atoms with Gasteiger partial charge in [0.25, 0.3) is 5.91 Å². The third-order valence-corrected chi connectivity index (χ3v) is 4.53. The molecule has 5 nitrogen and oxygen atoms in total. The summed E-state index contributed by atoms with van der Waals surface area (Å²) >= 11 is 0. The van der Waals surface area contributed by atoms with E-state index in [1.807, 2.05) is 0 Å². The second-order valence-electron chi connectivity index (χ2n) is 6.82. The number of piperidine rings is 1. The number of hydrogen-bond acceptors (Lipinski definition) is 2. The van der Waals surface area contributed by atoms with Crippen LogP contribution < -0.4 is 5.32 Å². The molecule has 6 heteroatoms. The lowest BCUT2D eigenvalue weighted by atomic mass is 9.85. The van der Waals surface area contributed by atoms with Crippen molar-refractivity contribution in [1.29, 1.82) is 0 Å². The van der Waals surface area contributed by atoms with Gasteiger partial charge in [-0.05, 0) is 55.4 Å². The lowest BCUT2D eigenvalue weighted by molar-refractivity contribution is 0.0865. The zero-order chi connectivity index (χ0) is 17.7. The average Bonchev–Trinajstić information content (AvgIpc) is 2.54. The predicted molar refractivity (Wildman–Crippen MR) is 89.4 cm³/mol. The number of carboxylic acid groups (broad SMARTS) is 1. The van der Waals surface area contributed by atoms with E-state index in [1.54, 1.807) is 0 Å². The Morgan fingerprint density at radius 1 is 1.25 bits per heavy atom. The van der Waals surface area contributed by atoms with Crippen LogP contribution in [-0.2, 0) is 0 Å². The summed E-state index contributed by atoms with van der Waals surface area (Å²) < 4.78 is 13.0. The first-order valence-electron chi connectivity index (χ1n) is 8.41. The molecule has 0 radical (unpaired) electrons. The third-order valence-electron chi connectivity index (χ3n) is 4.53. The second kappa shape index (κ2) is 8.13. The fraction of sp³-hybridized carbons (Fsp3) is 0.556. The van der Waals surface area contributed by atoms with Crippen molar-refractivity contribution in [2.75, 3.05) is 13.1 Å². The maximum Gasteiger partial charge on any atom is 0.407 e. The van der Waals surface area contributed by atoms with Gasteiger partial charge in [0.1, 0.15) is 5.82 Å². The lowest BCUT2D eigenvalue weighted by Gasteiger charge is -2.36. The van der Waals surface area contributed by atoms with E-state index in [0.717, 1.165) is 19.3 Å². The quantitative estimate of drug-likeness (QED) is 0.866. The summed E-state index contributed by atoms with van der Waals surface area (Å²) in [6.45, 7) is 5.20. The Morgan fingerprint density at radius 2 is 1.83 bits per heavy atom. The van der Waals surface area contributed by atoms with Crippen molar-refractivity contribution in [3.05, 3.63) is 35.6 Å². The molecule has 1 aliphatic heterocycles. The molecule has 1 heterocycles. The molecule has 2 amide bonds. The first-order valence-corrected chi connectivity index (χ1v) is 8.41. The molecular weight excluding hydrogens is 311 g/mol. The van der Waals surface area contributed by atoms with E-state index in [-0.39, 0.29) is 23.7 Å². The highest BCUT2D eigenvalue weighted by molar-refractivity contribution is 5.94. The summed E-state index contributed by atoms with van der Waals surface area (Å²) in [6.07, 6.45) is 1.44. The summed E-state index contributed by atoms with van der Waals surface area (Å²) in [4.78, 5) is 24.9. The molecule has 0 spiro atoms. The number of amides is 2. The third kappa shape index (κ3) is 4.94. The molecule has 1 aromatic rings. The van der Waals surface area contributed by atoms with Gasteiger partial charge in [0.15, 0.2) is 0 Å². The normalized spacial score (nSPS) is 16.9. The van der Waals surface area contributed by atoms with E-state index in [4.69, 9.17) is 5.11 Å². The van der Waals surface area contributed by atoms with Crippen LogP contribution in [0.1, 0.15) is 43.5 Å². The fourth-order valence-electron chi connectivity index (χ4n) is 3.22. The smallest absolute Gasteiger partial charge is 0.407 e. The van der Waals surface area contributed by atoms with Gasteiger partial charge in [0.05, 0.1) is 0 Å². The monoisotopic (exact) mass is 336 g/mol. The first kappa shape index (κ1) is 18.2. The van der Waals surface area contributed by atoms with Crippen LogP contribution in [0.2, 0.25) is 0 Å². The van der Waals surface area contributed by atoms with Crippen molar-refractivity contribution in [2.24, 2.45) is 11.8 Å². The highest BCUT2D eigenvalue weighted by atomic mass is 19.1. The molecule has 0 aliphatic carbocycles. The van der Waals surface area contributed by atoms with E-state index in [2.05, 4.69) is 19.2 Å².